The average molecular weight is 483 g/mol. The zero-order valence-corrected chi connectivity index (χ0v) is 20.3. The lowest BCUT2D eigenvalue weighted by molar-refractivity contribution is -0.118. The molecule has 0 bridgehead atoms. The number of aromatic nitrogens is 3. The van der Waals surface area contributed by atoms with E-state index >= 15 is 0 Å². The number of anilines is 2. The molecule has 34 heavy (non-hydrogen) atoms. The highest BCUT2D eigenvalue weighted by Gasteiger charge is 2.17. The molecule has 9 nitrogen and oxygen atoms in total. The van der Waals surface area contributed by atoms with Gasteiger partial charge in [0.05, 0.1) is 5.69 Å². The lowest BCUT2D eigenvalue weighted by atomic mass is 10.1. The molecule has 1 saturated heterocycles. The van der Waals surface area contributed by atoms with E-state index < -0.39 is 21.7 Å². The average Bonchev–Trinajstić information content (AvgIpc) is 3.16. The first kappa shape index (κ1) is 23.7. The minimum Gasteiger partial charge on any atom is -0.372 e. The number of hydrogen-bond acceptors (Lipinski definition) is 6. The Morgan fingerprint density at radius 3 is 2.38 bits per heavy atom. The van der Waals surface area contributed by atoms with Crippen LogP contribution in [-0.4, -0.2) is 47.9 Å². The summed E-state index contributed by atoms with van der Waals surface area (Å²) in [4.78, 5) is 18.9. The van der Waals surface area contributed by atoms with Gasteiger partial charge in [0.2, 0.25) is 15.9 Å². The zero-order chi connectivity index (χ0) is 24.1. The molecule has 3 aromatic rings. The van der Waals surface area contributed by atoms with Crippen molar-refractivity contribution >= 4 is 27.3 Å². The number of rotatable bonds is 8. The van der Waals surface area contributed by atoms with Gasteiger partial charge in [-0.3, -0.25) is 9.52 Å². The fourth-order valence-electron chi connectivity index (χ4n) is 4.04. The number of pyridine rings is 1. The maximum Gasteiger partial charge on any atom is 0.241 e. The summed E-state index contributed by atoms with van der Waals surface area (Å²) >= 11 is 0. The van der Waals surface area contributed by atoms with Crippen LogP contribution in [0.15, 0.2) is 48.7 Å². The monoisotopic (exact) mass is 482 g/mol. The number of carbonyl (C=O) groups is 1. The molecule has 2 aromatic heterocycles. The van der Waals surface area contributed by atoms with Crippen LogP contribution in [0.1, 0.15) is 36.2 Å². The molecule has 1 aliphatic heterocycles. The first-order valence-electron chi connectivity index (χ1n) is 11.4. The largest absolute Gasteiger partial charge is 0.372 e. The van der Waals surface area contributed by atoms with Crippen molar-refractivity contribution in [2.24, 2.45) is 0 Å². The molecule has 4 rings (SSSR count). The molecule has 2 N–H and O–H groups in total. The van der Waals surface area contributed by atoms with Crippen LogP contribution in [0.5, 0.6) is 0 Å². The minimum absolute atomic E-state index is 0.184. The van der Waals surface area contributed by atoms with Gasteiger partial charge >= 0.3 is 0 Å². The van der Waals surface area contributed by atoms with Crippen molar-refractivity contribution in [1.29, 1.82) is 0 Å². The molecule has 0 radical (unpaired) electrons. The van der Waals surface area contributed by atoms with Crippen LogP contribution in [-0.2, 0) is 21.4 Å². The van der Waals surface area contributed by atoms with E-state index in [1.54, 1.807) is 23.0 Å². The molecule has 1 fully saturated rings. The van der Waals surface area contributed by atoms with Gasteiger partial charge in [0, 0.05) is 42.9 Å². The Morgan fingerprint density at radius 1 is 1.03 bits per heavy atom. The highest BCUT2D eigenvalue weighted by molar-refractivity contribution is 7.93. The van der Waals surface area contributed by atoms with Gasteiger partial charge in [0.15, 0.2) is 5.82 Å². The number of sulfonamides is 1. The Morgan fingerprint density at radius 2 is 1.76 bits per heavy atom. The molecule has 1 aromatic carbocycles. The van der Waals surface area contributed by atoms with Gasteiger partial charge < -0.3 is 10.2 Å². The number of amides is 1. The summed E-state index contributed by atoms with van der Waals surface area (Å²) in [5.41, 5.74) is 4.17. The number of piperidine rings is 1. The van der Waals surface area contributed by atoms with Crippen LogP contribution < -0.4 is 14.9 Å². The quantitative estimate of drug-likeness (QED) is 0.511. The Kier molecular flexibility index (Phi) is 7.16. The van der Waals surface area contributed by atoms with Crippen molar-refractivity contribution in [3.05, 3.63) is 65.6 Å². The molecular weight excluding hydrogens is 452 g/mol. The highest BCUT2D eigenvalue weighted by atomic mass is 32.2. The van der Waals surface area contributed by atoms with Gasteiger partial charge in [-0.1, -0.05) is 6.07 Å². The van der Waals surface area contributed by atoms with Gasteiger partial charge in [0.25, 0.3) is 0 Å². The van der Waals surface area contributed by atoms with E-state index in [9.17, 15) is 13.2 Å². The van der Waals surface area contributed by atoms with E-state index in [1.165, 1.54) is 19.3 Å². The number of carbonyl (C=O) groups excluding carboxylic acids is 1. The maximum absolute atomic E-state index is 12.4. The smallest absolute Gasteiger partial charge is 0.241 e. The molecule has 0 spiro atoms. The molecule has 1 amide bonds. The normalized spacial score (nSPS) is 14.1. The number of nitrogens with one attached hydrogen (secondary N) is 2. The fraction of sp³-hybridized carbons (Fsp3) is 0.375. The van der Waals surface area contributed by atoms with Crippen LogP contribution in [0, 0.1) is 13.8 Å². The summed E-state index contributed by atoms with van der Waals surface area (Å²) in [6.07, 6.45) is 5.24. The molecule has 0 saturated carbocycles. The lowest BCUT2D eigenvalue weighted by Gasteiger charge is -2.28. The van der Waals surface area contributed by atoms with Crippen molar-refractivity contribution in [3.63, 3.8) is 0 Å². The van der Waals surface area contributed by atoms with Gasteiger partial charge in [0.1, 0.15) is 5.75 Å². The summed E-state index contributed by atoms with van der Waals surface area (Å²) in [7, 11) is -3.82. The molecule has 3 heterocycles. The van der Waals surface area contributed by atoms with E-state index in [1.807, 2.05) is 44.2 Å². The van der Waals surface area contributed by atoms with Crippen molar-refractivity contribution in [2.45, 2.75) is 39.7 Å². The van der Waals surface area contributed by atoms with Gasteiger partial charge in [-0.25, -0.2) is 18.1 Å². The van der Waals surface area contributed by atoms with Gasteiger partial charge in [-0.15, -0.1) is 0 Å². The second-order valence-electron chi connectivity index (χ2n) is 8.60. The first-order valence-corrected chi connectivity index (χ1v) is 13.0. The predicted octanol–water partition coefficient (Wildman–Crippen LogP) is 2.93. The molecular formula is C24H30N6O3S. The molecule has 0 atom stereocenters. The highest BCUT2D eigenvalue weighted by Crippen LogP contribution is 2.22. The van der Waals surface area contributed by atoms with Crippen LogP contribution >= 0.6 is 0 Å². The third-order valence-corrected chi connectivity index (χ3v) is 6.90. The molecule has 180 valence electrons. The summed E-state index contributed by atoms with van der Waals surface area (Å²) in [5, 5.41) is 7.04. The zero-order valence-electron chi connectivity index (χ0n) is 19.5. The third-order valence-electron chi connectivity index (χ3n) is 5.71. The van der Waals surface area contributed by atoms with Crippen LogP contribution in [0.2, 0.25) is 0 Å². The number of hydrogen-bond donors (Lipinski definition) is 2. The Balaban J connectivity index is 1.28. The number of benzene rings is 1. The topological polar surface area (TPSA) is 109 Å². The van der Waals surface area contributed by atoms with Crippen LogP contribution in [0.4, 0.5) is 11.4 Å². The first-order chi connectivity index (χ1) is 16.3. The van der Waals surface area contributed by atoms with Crippen molar-refractivity contribution in [1.82, 2.24) is 20.1 Å². The maximum atomic E-state index is 12.4. The van der Waals surface area contributed by atoms with E-state index in [-0.39, 0.29) is 6.54 Å². The van der Waals surface area contributed by atoms with Crippen molar-refractivity contribution < 1.29 is 13.2 Å². The summed E-state index contributed by atoms with van der Waals surface area (Å²) < 4.78 is 29.1. The molecule has 0 unspecified atom stereocenters. The van der Waals surface area contributed by atoms with Crippen LogP contribution in [0.3, 0.4) is 0 Å². The van der Waals surface area contributed by atoms with Crippen molar-refractivity contribution in [3.8, 4) is 5.82 Å². The molecule has 1 aliphatic rings. The predicted molar refractivity (Wildman–Crippen MR) is 133 cm³/mol. The summed E-state index contributed by atoms with van der Waals surface area (Å²) in [5.74, 6) is -0.558. The SMILES string of the molecule is Cc1cc(C)n(-c2ccc(CNC(=O)CS(=O)(=O)Nc3ccc(N4CCCCC4)cc3)cn2)n1. The second-order valence-corrected chi connectivity index (χ2v) is 10.3. The number of aryl methyl sites for hydroxylation is 2. The minimum atomic E-state index is -3.82. The lowest BCUT2D eigenvalue weighted by Crippen LogP contribution is -2.32. The van der Waals surface area contributed by atoms with Crippen molar-refractivity contribution in [2.75, 3.05) is 28.5 Å². The van der Waals surface area contributed by atoms with E-state index in [2.05, 4.69) is 25.0 Å². The van der Waals surface area contributed by atoms with Crippen LogP contribution in [0.25, 0.3) is 5.82 Å². The Bertz CT molecular complexity index is 1230. The Hall–Kier alpha value is -3.40. The van der Waals surface area contributed by atoms with Gasteiger partial charge in [-0.2, -0.15) is 5.10 Å². The number of nitrogens with zero attached hydrogens (tertiary/aromatic N) is 4. The second kappa shape index (κ2) is 10.3. The summed E-state index contributed by atoms with van der Waals surface area (Å²) in [6.45, 7) is 6.09. The standard InChI is InChI=1S/C24H30N6O3S/c1-18-14-19(2)30(27-18)23-11-6-20(15-25-23)16-26-24(31)17-34(32,33)28-21-7-9-22(10-8-21)29-12-4-3-5-13-29/h6-11,14-15,28H,3-5,12-13,16-17H2,1-2H3,(H,26,31). The Labute approximate surface area is 200 Å². The van der Waals surface area contributed by atoms with E-state index in [0.717, 1.165) is 35.7 Å². The fourth-order valence-corrected chi connectivity index (χ4v) is 5.05. The summed E-state index contributed by atoms with van der Waals surface area (Å²) in [6, 6.07) is 12.9. The van der Waals surface area contributed by atoms with E-state index in [0.29, 0.717) is 11.5 Å². The van der Waals surface area contributed by atoms with Gasteiger partial charge in [-0.05, 0) is 75.1 Å². The third kappa shape index (κ3) is 6.13. The molecule has 10 heteroatoms. The van der Waals surface area contributed by atoms with E-state index in [4.69, 9.17) is 0 Å². The molecule has 0 aliphatic carbocycles.